The van der Waals surface area contributed by atoms with Crippen LogP contribution < -0.4 is 0 Å². The van der Waals surface area contributed by atoms with Crippen molar-refractivity contribution in [2.24, 2.45) is 0 Å². The van der Waals surface area contributed by atoms with Gasteiger partial charge in [0.15, 0.2) is 5.78 Å². The van der Waals surface area contributed by atoms with Crippen molar-refractivity contribution in [1.29, 1.82) is 0 Å². The number of hydrogen-bond acceptors (Lipinski definition) is 2. The standard InChI is InChI=1S/C7H12O.H3O4P/c1-3-4-5-6-7(2)8;1-5(2,3)4/h5-6H,3-4H2,1-2H3;(H3,1,2,3,4). The first-order valence-electron chi connectivity index (χ1n) is 3.72. The molecule has 0 unspecified atom stereocenters. The van der Waals surface area contributed by atoms with Gasteiger partial charge in [-0.1, -0.05) is 19.4 Å². The predicted octanol–water partition coefficient (Wildman–Crippen LogP) is 1.00. The Morgan fingerprint density at radius 1 is 1.38 bits per heavy atom. The maximum absolute atomic E-state index is 10.2. The molecule has 0 heterocycles. The molecule has 3 N–H and O–H groups in total. The quantitative estimate of drug-likeness (QED) is 0.477. The Morgan fingerprint density at radius 3 is 2.00 bits per heavy atom. The van der Waals surface area contributed by atoms with E-state index in [4.69, 9.17) is 19.2 Å². The number of hydrogen-bond donors (Lipinski definition) is 3. The lowest BCUT2D eigenvalue weighted by Crippen LogP contribution is -1.78. The molecule has 0 aromatic rings. The Balaban J connectivity index is 0. The van der Waals surface area contributed by atoms with Gasteiger partial charge in [-0.05, 0) is 19.4 Å². The SMILES string of the molecule is CCCC=CC(C)=O.O=P(O)(O)O. The second-order valence-electron chi connectivity index (χ2n) is 2.31. The van der Waals surface area contributed by atoms with Crippen molar-refractivity contribution in [2.45, 2.75) is 26.7 Å². The minimum Gasteiger partial charge on any atom is -0.303 e. The molecule has 6 heteroatoms. The molecule has 0 atom stereocenters. The Hall–Kier alpha value is -0.480. The molecule has 5 nitrogen and oxygen atoms in total. The summed E-state index contributed by atoms with van der Waals surface area (Å²) in [6.07, 6.45) is 5.65. The fourth-order valence-electron chi connectivity index (χ4n) is 0.416. The maximum Gasteiger partial charge on any atom is 0.466 e. The van der Waals surface area contributed by atoms with Crippen molar-refractivity contribution < 1.29 is 24.0 Å². The fraction of sp³-hybridized carbons (Fsp3) is 0.571. The van der Waals surface area contributed by atoms with Crippen LogP contribution in [-0.4, -0.2) is 20.5 Å². The van der Waals surface area contributed by atoms with Crippen molar-refractivity contribution in [1.82, 2.24) is 0 Å². The minimum absolute atomic E-state index is 0.137. The summed E-state index contributed by atoms with van der Waals surface area (Å²) in [4.78, 5) is 31.8. The molecule has 0 bridgehead atoms. The molecule has 0 radical (unpaired) electrons. The zero-order valence-electron chi connectivity index (χ0n) is 7.67. The van der Waals surface area contributed by atoms with Crippen LogP contribution in [0.5, 0.6) is 0 Å². The Morgan fingerprint density at radius 2 is 1.77 bits per heavy atom. The summed E-state index contributed by atoms with van der Waals surface area (Å²) in [6.45, 7) is 3.65. The molecule has 0 aliphatic rings. The zero-order valence-corrected chi connectivity index (χ0v) is 8.57. The van der Waals surface area contributed by atoms with Crippen molar-refractivity contribution in [3.05, 3.63) is 12.2 Å². The first-order valence-corrected chi connectivity index (χ1v) is 5.29. The lowest BCUT2D eigenvalue weighted by molar-refractivity contribution is -0.112. The Kier molecular flexibility index (Phi) is 9.39. The molecule has 0 rings (SSSR count). The first-order chi connectivity index (χ1) is 5.77. The summed E-state index contributed by atoms with van der Waals surface area (Å²) in [5.74, 6) is 0.137. The summed E-state index contributed by atoms with van der Waals surface area (Å²) in [5, 5.41) is 0. The van der Waals surface area contributed by atoms with E-state index >= 15 is 0 Å². The van der Waals surface area contributed by atoms with Crippen LogP contribution in [0.2, 0.25) is 0 Å². The third-order valence-corrected chi connectivity index (χ3v) is 0.808. The molecule has 0 amide bonds. The number of carbonyl (C=O) groups excluding carboxylic acids is 1. The molecular formula is C7H15O5P. The van der Waals surface area contributed by atoms with Crippen molar-refractivity contribution >= 4 is 13.6 Å². The van der Waals surface area contributed by atoms with Crippen molar-refractivity contribution in [3.63, 3.8) is 0 Å². The molecule has 0 fully saturated rings. The highest BCUT2D eigenvalue weighted by atomic mass is 31.2. The van der Waals surface area contributed by atoms with Crippen LogP contribution in [0.15, 0.2) is 12.2 Å². The molecule has 0 aromatic heterocycles. The molecule has 0 saturated carbocycles. The van der Waals surface area contributed by atoms with Crippen LogP contribution in [0, 0.1) is 0 Å². The van der Waals surface area contributed by atoms with E-state index in [9.17, 15) is 4.79 Å². The molecule has 78 valence electrons. The molecule has 0 aliphatic carbocycles. The zero-order chi connectivity index (χ0) is 10.9. The van der Waals surface area contributed by atoms with Crippen LogP contribution in [-0.2, 0) is 9.36 Å². The van der Waals surface area contributed by atoms with Gasteiger partial charge < -0.3 is 14.7 Å². The van der Waals surface area contributed by atoms with Crippen LogP contribution >= 0.6 is 7.82 Å². The highest BCUT2D eigenvalue weighted by Gasteiger charge is 2.00. The summed E-state index contributed by atoms with van der Waals surface area (Å²) in [7, 11) is -4.64. The summed E-state index contributed by atoms with van der Waals surface area (Å²) >= 11 is 0. The molecule has 0 saturated heterocycles. The van der Waals surface area contributed by atoms with Crippen LogP contribution in [0.25, 0.3) is 0 Å². The van der Waals surface area contributed by atoms with Gasteiger partial charge in [-0.15, -0.1) is 0 Å². The number of allylic oxidation sites excluding steroid dienone is 2. The maximum atomic E-state index is 10.2. The Labute approximate surface area is 77.3 Å². The van der Waals surface area contributed by atoms with Crippen molar-refractivity contribution in [3.8, 4) is 0 Å². The number of carbonyl (C=O) groups is 1. The smallest absolute Gasteiger partial charge is 0.303 e. The monoisotopic (exact) mass is 210 g/mol. The largest absolute Gasteiger partial charge is 0.466 e. The summed E-state index contributed by atoms with van der Waals surface area (Å²) < 4.78 is 8.88. The first kappa shape index (κ1) is 15.0. The average Bonchev–Trinajstić information content (AvgIpc) is 1.83. The summed E-state index contributed by atoms with van der Waals surface area (Å²) in [6, 6.07) is 0. The molecule has 0 spiro atoms. The normalized spacial score (nSPS) is 10.8. The van der Waals surface area contributed by atoms with Crippen LogP contribution in [0.3, 0.4) is 0 Å². The Bertz CT molecular complexity index is 197. The molecule has 0 aromatic carbocycles. The number of rotatable bonds is 3. The number of phosphoric acid groups is 1. The van der Waals surface area contributed by atoms with E-state index in [0.29, 0.717) is 0 Å². The molecular weight excluding hydrogens is 195 g/mol. The van der Waals surface area contributed by atoms with E-state index in [0.717, 1.165) is 12.8 Å². The lowest BCUT2D eigenvalue weighted by Gasteiger charge is -1.82. The molecule has 0 aliphatic heterocycles. The number of ketones is 1. The van der Waals surface area contributed by atoms with Gasteiger partial charge in [-0.2, -0.15) is 0 Å². The highest BCUT2D eigenvalue weighted by Crippen LogP contribution is 2.25. The third-order valence-electron chi connectivity index (χ3n) is 0.808. The van der Waals surface area contributed by atoms with Gasteiger partial charge in [0, 0.05) is 0 Å². The van der Waals surface area contributed by atoms with E-state index in [-0.39, 0.29) is 5.78 Å². The average molecular weight is 210 g/mol. The fourth-order valence-corrected chi connectivity index (χ4v) is 0.416. The van der Waals surface area contributed by atoms with Gasteiger partial charge in [0.05, 0.1) is 0 Å². The van der Waals surface area contributed by atoms with E-state index in [1.54, 1.807) is 13.0 Å². The van der Waals surface area contributed by atoms with Crippen molar-refractivity contribution in [2.75, 3.05) is 0 Å². The van der Waals surface area contributed by atoms with Gasteiger partial charge in [-0.3, -0.25) is 4.79 Å². The predicted molar refractivity (Wildman–Crippen MR) is 49.0 cm³/mol. The minimum atomic E-state index is -4.64. The van der Waals surface area contributed by atoms with Crippen LogP contribution in [0.1, 0.15) is 26.7 Å². The van der Waals surface area contributed by atoms with Gasteiger partial charge in [0.2, 0.25) is 0 Å². The van der Waals surface area contributed by atoms with E-state index < -0.39 is 7.82 Å². The van der Waals surface area contributed by atoms with Gasteiger partial charge in [0.1, 0.15) is 0 Å². The van der Waals surface area contributed by atoms with E-state index in [1.165, 1.54) is 0 Å². The van der Waals surface area contributed by atoms with E-state index in [1.807, 2.05) is 6.08 Å². The van der Waals surface area contributed by atoms with Gasteiger partial charge in [0.25, 0.3) is 0 Å². The lowest BCUT2D eigenvalue weighted by atomic mass is 10.3. The number of unbranched alkanes of at least 4 members (excludes halogenated alkanes) is 1. The third kappa shape index (κ3) is 51.1. The molecule has 13 heavy (non-hydrogen) atoms. The van der Waals surface area contributed by atoms with Crippen LogP contribution in [0.4, 0.5) is 0 Å². The van der Waals surface area contributed by atoms with Gasteiger partial charge >= 0.3 is 7.82 Å². The summed E-state index contributed by atoms with van der Waals surface area (Å²) in [5.41, 5.74) is 0. The topological polar surface area (TPSA) is 94.8 Å². The highest BCUT2D eigenvalue weighted by molar-refractivity contribution is 7.45. The second-order valence-corrected chi connectivity index (χ2v) is 3.34. The van der Waals surface area contributed by atoms with Gasteiger partial charge in [-0.25, -0.2) is 4.57 Å². The van der Waals surface area contributed by atoms with E-state index in [2.05, 4.69) is 6.92 Å². The second kappa shape index (κ2) is 8.13.